The normalized spacial score (nSPS) is 11.9. The molecule has 2 nitrogen and oxygen atoms in total. The summed E-state index contributed by atoms with van der Waals surface area (Å²) in [7, 11) is 0. The second kappa shape index (κ2) is 8.50. The number of aryl methyl sites for hydroxylation is 1. The summed E-state index contributed by atoms with van der Waals surface area (Å²) in [4.78, 5) is 13.1. The monoisotopic (exact) mass is 399 g/mol. The van der Waals surface area contributed by atoms with Crippen molar-refractivity contribution in [1.82, 2.24) is 0 Å². The Balaban J connectivity index is 1.61. The van der Waals surface area contributed by atoms with E-state index in [1.165, 1.54) is 5.56 Å². The van der Waals surface area contributed by atoms with Gasteiger partial charge in [-0.3, -0.25) is 4.79 Å². The van der Waals surface area contributed by atoms with E-state index in [1.54, 1.807) is 0 Å². The Kier molecular flexibility index (Phi) is 5.64. The van der Waals surface area contributed by atoms with Crippen LogP contribution in [-0.2, 0) is 0 Å². The van der Waals surface area contributed by atoms with Crippen molar-refractivity contribution in [3.05, 3.63) is 113 Å². The van der Waals surface area contributed by atoms with Crippen molar-refractivity contribution in [2.75, 3.05) is 5.32 Å². The third-order valence-corrected chi connectivity index (χ3v) is 5.38. The number of nitrogens with one attached hydrogen (secondary N) is 1. The minimum absolute atomic E-state index is 0.107. The van der Waals surface area contributed by atoms with Gasteiger partial charge in [-0.1, -0.05) is 77.8 Å². The summed E-state index contributed by atoms with van der Waals surface area (Å²) in [6.07, 6.45) is 0.355. The molecule has 0 aliphatic rings. The van der Waals surface area contributed by atoms with E-state index in [-0.39, 0.29) is 11.8 Å². The first-order valence-corrected chi connectivity index (χ1v) is 10.1. The van der Waals surface area contributed by atoms with Gasteiger partial charge in [0.05, 0.1) is 6.04 Å². The minimum Gasteiger partial charge on any atom is -0.378 e. The molecule has 0 radical (unpaired) electrons. The van der Waals surface area contributed by atoms with E-state index in [4.69, 9.17) is 11.6 Å². The molecule has 1 N–H and O–H groups in total. The first-order valence-electron chi connectivity index (χ1n) is 9.69. The van der Waals surface area contributed by atoms with Crippen LogP contribution in [0.25, 0.3) is 10.8 Å². The number of hydrogen-bond acceptors (Lipinski definition) is 2. The Labute approximate surface area is 176 Å². The highest BCUT2D eigenvalue weighted by molar-refractivity contribution is 6.30. The molecule has 3 heteroatoms. The van der Waals surface area contributed by atoms with Gasteiger partial charge in [0.15, 0.2) is 5.78 Å². The second-order valence-corrected chi connectivity index (χ2v) is 7.74. The average Bonchev–Trinajstić information content (AvgIpc) is 2.75. The van der Waals surface area contributed by atoms with Crippen molar-refractivity contribution in [2.45, 2.75) is 19.4 Å². The van der Waals surface area contributed by atoms with Crippen molar-refractivity contribution in [3.8, 4) is 0 Å². The van der Waals surface area contributed by atoms with Crippen molar-refractivity contribution >= 4 is 33.8 Å². The van der Waals surface area contributed by atoms with Crippen LogP contribution in [0.2, 0.25) is 5.02 Å². The molecule has 1 unspecified atom stereocenters. The van der Waals surface area contributed by atoms with Crippen LogP contribution < -0.4 is 5.32 Å². The lowest BCUT2D eigenvalue weighted by Gasteiger charge is -2.20. The minimum atomic E-state index is -0.144. The molecule has 0 aromatic heterocycles. The van der Waals surface area contributed by atoms with Crippen LogP contribution in [0.5, 0.6) is 0 Å². The third-order valence-electron chi connectivity index (χ3n) is 5.13. The van der Waals surface area contributed by atoms with Gasteiger partial charge >= 0.3 is 0 Å². The standard InChI is InChI=1S/C26H22ClNO/c1-18-6-14-24(15-7-18)28-25(20-10-12-23(27)13-11-20)17-26(29)22-9-8-19-4-2-3-5-21(19)16-22/h2-16,25,28H,17H2,1H3. The average molecular weight is 400 g/mol. The third kappa shape index (κ3) is 4.67. The molecule has 4 rings (SSSR count). The first kappa shape index (κ1) is 19.2. The van der Waals surface area contributed by atoms with Crippen LogP contribution in [-0.4, -0.2) is 5.78 Å². The van der Waals surface area contributed by atoms with Crippen LogP contribution in [0.3, 0.4) is 0 Å². The molecule has 144 valence electrons. The van der Waals surface area contributed by atoms with Crippen molar-refractivity contribution in [2.24, 2.45) is 0 Å². The van der Waals surface area contributed by atoms with E-state index in [0.29, 0.717) is 11.4 Å². The topological polar surface area (TPSA) is 29.1 Å². The van der Waals surface area contributed by atoms with Crippen LogP contribution >= 0.6 is 11.6 Å². The number of carbonyl (C=O) groups is 1. The van der Waals surface area contributed by atoms with Gasteiger partial charge in [0.25, 0.3) is 0 Å². The number of anilines is 1. The fourth-order valence-electron chi connectivity index (χ4n) is 3.46. The molecule has 0 spiro atoms. The Bertz CT molecular complexity index is 1130. The molecule has 0 aliphatic heterocycles. The van der Waals surface area contributed by atoms with Crippen LogP contribution in [0, 0.1) is 6.92 Å². The number of ketones is 1. The maximum Gasteiger partial charge on any atom is 0.165 e. The smallest absolute Gasteiger partial charge is 0.165 e. The Morgan fingerprint density at radius 3 is 2.28 bits per heavy atom. The lowest BCUT2D eigenvalue weighted by molar-refractivity contribution is 0.0976. The van der Waals surface area contributed by atoms with E-state index in [1.807, 2.05) is 72.8 Å². The van der Waals surface area contributed by atoms with Gasteiger partial charge in [0, 0.05) is 22.7 Å². The SMILES string of the molecule is Cc1ccc(NC(CC(=O)c2ccc3ccccc3c2)c2ccc(Cl)cc2)cc1. The van der Waals surface area contributed by atoms with E-state index < -0.39 is 0 Å². The van der Waals surface area contributed by atoms with Gasteiger partial charge in [-0.25, -0.2) is 0 Å². The molecule has 0 amide bonds. The quantitative estimate of drug-likeness (QED) is 0.346. The zero-order valence-corrected chi connectivity index (χ0v) is 17.0. The summed E-state index contributed by atoms with van der Waals surface area (Å²) in [5, 5.41) is 6.41. The summed E-state index contributed by atoms with van der Waals surface area (Å²) in [6.45, 7) is 2.06. The predicted octanol–water partition coefficient (Wildman–Crippen LogP) is 7.23. The Morgan fingerprint density at radius 2 is 1.55 bits per heavy atom. The molecule has 0 saturated carbocycles. The molecule has 29 heavy (non-hydrogen) atoms. The molecule has 0 bridgehead atoms. The van der Waals surface area contributed by atoms with E-state index in [0.717, 1.165) is 27.6 Å². The highest BCUT2D eigenvalue weighted by atomic mass is 35.5. The van der Waals surface area contributed by atoms with Crippen LogP contribution in [0.1, 0.15) is 33.9 Å². The van der Waals surface area contributed by atoms with Gasteiger partial charge < -0.3 is 5.32 Å². The molecule has 0 aliphatic carbocycles. The Morgan fingerprint density at radius 1 is 0.862 bits per heavy atom. The number of carbonyl (C=O) groups excluding carboxylic acids is 1. The van der Waals surface area contributed by atoms with Gasteiger partial charge in [-0.05, 0) is 53.6 Å². The van der Waals surface area contributed by atoms with Crippen molar-refractivity contribution < 1.29 is 4.79 Å². The maximum atomic E-state index is 13.1. The largest absolute Gasteiger partial charge is 0.378 e. The zero-order valence-electron chi connectivity index (χ0n) is 16.2. The second-order valence-electron chi connectivity index (χ2n) is 7.30. The zero-order chi connectivity index (χ0) is 20.2. The van der Waals surface area contributed by atoms with Crippen molar-refractivity contribution in [3.63, 3.8) is 0 Å². The maximum absolute atomic E-state index is 13.1. The number of fused-ring (bicyclic) bond motifs is 1. The lowest BCUT2D eigenvalue weighted by Crippen LogP contribution is -2.16. The van der Waals surface area contributed by atoms with Crippen LogP contribution in [0.4, 0.5) is 5.69 Å². The number of halogens is 1. The fourth-order valence-corrected chi connectivity index (χ4v) is 3.59. The van der Waals surface area contributed by atoms with Gasteiger partial charge in [0.2, 0.25) is 0 Å². The molecule has 1 atom stereocenters. The van der Waals surface area contributed by atoms with Crippen LogP contribution in [0.15, 0.2) is 91.0 Å². The summed E-state index contributed by atoms with van der Waals surface area (Å²) >= 11 is 6.06. The first-order chi connectivity index (χ1) is 14.1. The summed E-state index contributed by atoms with van der Waals surface area (Å²) in [5.74, 6) is 0.107. The number of benzene rings is 4. The number of rotatable bonds is 6. The highest BCUT2D eigenvalue weighted by Crippen LogP contribution is 2.27. The molecule has 0 saturated heterocycles. The molecule has 4 aromatic carbocycles. The fraction of sp³-hybridized carbons (Fsp3) is 0.115. The lowest BCUT2D eigenvalue weighted by atomic mass is 9.96. The molecular weight excluding hydrogens is 378 g/mol. The van der Waals surface area contributed by atoms with E-state index in [2.05, 4.69) is 30.4 Å². The Hall–Kier alpha value is -3.10. The molecule has 0 fully saturated rings. The number of hydrogen-bond donors (Lipinski definition) is 1. The van der Waals surface area contributed by atoms with Gasteiger partial charge in [0.1, 0.15) is 0 Å². The highest BCUT2D eigenvalue weighted by Gasteiger charge is 2.18. The van der Waals surface area contributed by atoms with Gasteiger partial charge in [-0.2, -0.15) is 0 Å². The number of Topliss-reactive ketones (excluding diaryl/α,β-unsaturated/α-hetero) is 1. The van der Waals surface area contributed by atoms with Gasteiger partial charge in [-0.15, -0.1) is 0 Å². The molecule has 0 heterocycles. The van der Waals surface area contributed by atoms with E-state index >= 15 is 0 Å². The molecule has 4 aromatic rings. The molecular formula is C26H22ClNO. The summed E-state index contributed by atoms with van der Waals surface area (Å²) < 4.78 is 0. The predicted molar refractivity (Wildman–Crippen MR) is 122 cm³/mol. The van der Waals surface area contributed by atoms with Crippen molar-refractivity contribution in [1.29, 1.82) is 0 Å². The summed E-state index contributed by atoms with van der Waals surface area (Å²) in [5.41, 5.74) is 3.95. The summed E-state index contributed by atoms with van der Waals surface area (Å²) in [6, 6.07) is 29.7. The van der Waals surface area contributed by atoms with E-state index in [9.17, 15) is 4.79 Å².